The van der Waals surface area contributed by atoms with Crippen LogP contribution < -0.4 is 0 Å². The molecule has 1 atom stereocenters. The molecule has 1 fully saturated rings. The minimum atomic E-state index is -0.168. The number of aliphatic imine (C=N–C) groups is 2. The van der Waals surface area contributed by atoms with Crippen molar-refractivity contribution in [1.82, 2.24) is 0 Å². The van der Waals surface area contributed by atoms with Crippen molar-refractivity contribution in [1.29, 1.82) is 0 Å². The topological polar surface area (TPSA) is 72.6 Å². The van der Waals surface area contributed by atoms with Crippen molar-refractivity contribution >= 4 is 24.3 Å². The predicted octanol–water partition coefficient (Wildman–Crippen LogP) is 4.02. The second-order valence-electron chi connectivity index (χ2n) is 7.82. The first-order chi connectivity index (χ1) is 12.4. The monoisotopic (exact) mass is 361 g/mol. The molecule has 6 nitrogen and oxygen atoms in total. The van der Waals surface area contributed by atoms with Crippen LogP contribution in [0.25, 0.3) is 0 Å². The Balaban J connectivity index is 1.80. The Morgan fingerprint density at radius 3 is 2.58 bits per heavy atom. The lowest BCUT2D eigenvalue weighted by Crippen LogP contribution is -2.28. The first-order valence-electron chi connectivity index (χ1n) is 9.47. The number of hydrogen-bond acceptors (Lipinski definition) is 6. The van der Waals surface area contributed by atoms with Crippen molar-refractivity contribution in [3.63, 3.8) is 0 Å². The van der Waals surface area contributed by atoms with E-state index in [1.165, 1.54) is 0 Å². The van der Waals surface area contributed by atoms with Crippen molar-refractivity contribution in [2.24, 2.45) is 38.3 Å². The molecule has 0 saturated heterocycles. The molecule has 6 heteroatoms. The first kappa shape index (κ1) is 20.3. The fourth-order valence-electron chi connectivity index (χ4n) is 3.13. The highest BCUT2D eigenvalue weighted by molar-refractivity contribution is 5.81. The standard InChI is InChI=1S/C20H31N3O3/c1-15(2)13-25-19(24)17-7-5-16(6-8-17)18(21-4)26-23-14-20(3)9-11-22-12-10-20/h9,11-12,14-17H,5-8,10,13H2,1-4H3/b21-18?,23-14+. The number of oxime groups is 1. The zero-order chi connectivity index (χ0) is 19.0. The molecule has 0 N–H and O–H groups in total. The molecule has 1 heterocycles. The summed E-state index contributed by atoms with van der Waals surface area (Å²) in [6.45, 7) is 6.67. The molecule has 0 amide bonds. The van der Waals surface area contributed by atoms with Gasteiger partial charge in [0.2, 0.25) is 5.90 Å². The molecule has 2 aliphatic rings. The second-order valence-corrected chi connectivity index (χ2v) is 7.82. The number of rotatable bonds is 6. The van der Waals surface area contributed by atoms with Crippen LogP contribution in [0.2, 0.25) is 0 Å². The summed E-state index contributed by atoms with van der Waals surface area (Å²) in [6, 6.07) is 0. The number of carbonyl (C=O) groups excluding carboxylic acids is 1. The van der Waals surface area contributed by atoms with Crippen molar-refractivity contribution < 1.29 is 14.4 Å². The SMILES string of the molecule is CN=C(O/N=C/C1(C)C=CN=CC1)C1CCC(C(=O)OCC(C)C)CC1. The van der Waals surface area contributed by atoms with E-state index < -0.39 is 0 Å². The van der Waals surface area contributed by atoms with Crippen LogP contribution in [0.1, 0.15) is 52.9 Å². The molecule has 0 aromatic carbocycles. The predicted molar refractivity (Wildman–Crippen MR) is 105 cm³/mol. The maximum Gasteiger partial charge on any atom is 0.308 e. The molecular weight excluding hydrogens is 330 g/mol. The van der Waals surface area contributed by atoms with Crippen LogP contribution in [0.4, 0.5) is 0 Å². The van der Waals surface area contributed by atoms with Crippen molar-refractivity contribution in [3.8, 4) is 0 Å². The van der Waals surface area contributed by atoms with Crippen LogP contribution in [0.3, 0.4) is 0 Å². The lowest BCUT2D eigenvalue weighted by molar-refractivity contribution is -0.150. The van der Waals surface area contributed by atoms with Gasteiger partial charge in [-0.05, 0) is 38.0 Å². The van der Waals surface area contributed by atoms with E-state index in [0.29, 0.717) is 18.4 Å². The van der Waals surface area contributed by atoms with E-state index >= 15 is 0 Å². The van der Waals surface area contributed by atoms with E-state index in [4.69, 9.17) is 9.57 Å². The third-order valence-corrected chi connectivity index (χ3v) is 4.86. The summed E-state index contributed by atoms with van der Waals surface area (Å²) >= 11 is 0. The number of ether oxygens (including phenoxy) is 1. The van der Waals surface area contributed by atoms with E-state index in [2.05, 4.69) is 22.1 Å². The summed E-state index contributed by atoms with van der Waals surface area (Å²) in [6.07, 6.45) is 11.6. The van der Waals surface area contributed by atoms with Crippen molar-refractivity contribution in [2.75, 3.05) is 13.7 Å². The number of esters is 1. The molecule has 1 aliphatic carbocycles. The van der Waals surface area contributed by atoms with E-state index in [1.54, 1.807) is 19.5 Å². The van der Waals surface area contributed by atoms with Crippen LogP contribution >= 0.6 is 0 Å². The van der Waals surface area contributed by atoms with Crippen LogP contribution in [-0.4, -0.2) is 38.0 Å². The maximum absolute atomic E-state index is 12.1. The van der Waals surface area contributed by atoms with Crippen LogP contribution in [0, 0.1) is 23.2 Å². The molecule has 1 aliphatic heterocycles. The third-order valence-electron chi connectivity index (χ3n) is 4.86. The van der Waals surface area contributed by atoms with Gasteiger partial charge in [-0.2, -0.15) is 0 Å². The second kappa shape index (κ2) is 9.64. The molecule has 26 heavy (non-hydrogen) atoms. The van der Waals surface area contributed by atoms with Gasteiger partial charge >= 0.3 is 5.97 Å². The van der Waals surface area contributed by atoms with E-state index in [9.17, 15) is 4.79 Å². The molecule has 1 unspecified atom stereocenters. The van der Waals surface area contributed by atoms with Gasteiger partial charge in [-0.25, -0.2) is 0 Å². The van der Waals surface area contributed by atoms with E-state index in [-0.39, 0.29) is 23.2 Å². The average molecular weight is 361 g/mol. The van der Waals surface area contributed by atoms with E-state index in [0.717, 1.165) is 32.1 Å². The zero-order valence-electron chi connectivity index (χ0n) is 16.4. The molecule has 1 saturated carbocycles. The molecular formula is C20H31N3O3. The molecule has 0 aromatic rings. The summed E-state index contributed by atoms with van der Waals surface area (Å²) < 4.78 is 5.37. The maximum atomic E-state index is 12.1. The van der Waals surface area contributed by atoms with Gasteiger partial charge in [-0.15, -0.1) is 0 Å². The Kier molecular flexibility index (Phi) is 7.54. The normalized spacial score (nSPS) is 29.3. The summed E-state index contributed by atoms with van der Waals surface area (Å²) in [7, 11) is 1.72. The largest absolute Gasteiger partial charge is 0.465 e. The van der Waals surface area contributed by atoms with Gasteiger partial charge in [0.15, 0.2) is 0 Å². The number of hydrogen-bond donors (Lipinski definition) is 0. The fraction of sp³-hybridized carbons (Fsp3) is 0.700. The zero-order valence-corrected chi connectivity index (χ0v) is 16.4. The van der Waals surface area contributed by atoms with Crippen LogP contribution in [-0.2, 0) is 14.4 Å². The lowest BCUT2D eigenvalue weighted by atomic mass is 9.82. The van der Waals surface area contributed by atoms with Gasteiger partial charge in [0.25, 0.3) is 0 Å². The van der Waals surface area contributed by atoms with Gasteiger partial charge in [-0.1, -0.05) is 32.0 Å². The van der Waals surface area contributed by atoms with E-state index in [1.807, 2.05) is 26.1 Å². The van der Waals surface area contributed by atoms with Crippen molar-refractivity contribution in [2.45, 2.75) is 52.9 Å². The van der Waals surface area contributed by atoms with Gasteiger partial charge < -0.3 is 9.57 Å². The van der Waals surface area contributed by atoms with Gasteiger partial charge in [-0.3, -0.25) is 14.8 Å². The summed E-state index contributed by atoms with van der Waals surface area (Å²) in [5, 5.41) is 4.16. The lowest BCUT2D eigenvalue weighted by Gasteiger charge is -2.27. The quantitative estimate of drug-likeness (QED) is 0.310. The minimum absolute atomic E-state index is 0.00261. The summed E-state index contributed by atoms with van der Waals surface area (Å²) in [5.41, 5.74) is -0.168. The average Bonchev–Trinajstić information content (AvgIpc) is 2.64. The Bertz CT molecular complexity index is 587. The summed E-state index contributed by atoms with van der Waals surface area (Å²) in [4.78, 5) is 26.1. The van der Waals surface area contributed by atoms with Gasteiger partial charge in [0.1, 0.15) is 0 Å². The highest BCUT2D eigenvalue weighted by Gasteiger charge is 2.31. The fourth-order valence-corrected chi connectivity index (χ4v) is 3.13. The first-order valence-corrected chi connectivity index (χ1v) is 9.47. The Morgan fingerprint density at radius 2 is 2.00 bits per heavy atom. The Morgan fingerprint density at radius 1 is 1.31 bits per heavy atom. The minimum Gasteiger partial charge on any atom is -0.465 e. The number of nitrogens with zero attached hydrogens (tertiary/aromatic N) is 3. The molecule has 2 rings (SSSR count). The van der Waals surface area contributed by atoms with Crippen LogP contribution in [0.15, 0.2) is 27.4 Å². The molecule has 0 aromatic heterocycles. The Labute approximate surface area is 156 Å². The highest BCUT2D eigenvalue weighted by atomic mass is 16.6. The number of carbonyl (C=O) groups is 1. The highest BCUT2D eigenvalue weighted by Crippen LogP contribution is 2.31. The Hall–Kier alpha value is -1.98. The summed E-state index contributed by atoms with van der Waals surface area (Å²) in [5.74, 6) is 1.16. The number of allylic oxidation sites excluding steroid dienone is 1. The van der Waals surface area contributed by atoms with Gasteiger partial charge in [0, 0.05) is 30.8 Å². The molecule has 144 valence electrons. The molecule has 0 bridgehead atoms. The molecule has 0 radical (unpaired) electrons. The van der Waals surface area contributed by atoms with Gasteiger partial charge in [0.05, 0.1) is 18.7 Å². The molecule has 0 spiro atoms. The third kappa shape index (κ3) is 6.07. The van der Waals surface area contributed by atoms with Crippen LogP contribution in [0.5, 0.6) is 0 Å². The smallest absolute Gasteiger partial charge is 0.308 e. The van der Waals surface area contributed by atoms with Crippen molar-refractivity contribution in [3.05, 3.63) is 12.3 Å².